The van der Waals surface area contributed by atoms with Crippen molar-refractivity contribution in [3.63, 3.8) is 0 Å². The zero-order valence-electron chi connectivity index (χ0n) is 40.7. The number of amides is 2. The average Bonchev–Trinajstić information content (AvgIpc) is 3.42. The summed E-state index contributed by atoms with van der Waals surface area (Å²) in [5.74, 6) is -0.979. The minimum Gasteiger partial charge on any atom is -0.495 e. The Morgan fingerprint density at radius 3 is 2.23 bits per heavy atom. The maximum Gasteiger partial charge on any atom is 0.274 e. The van der Waals surface area contributed by atoms with E-state index in [4.69, 9.17) is 18.9 Å². The van der Waals surface area contributed by atoms with Gasteiger partial charge in [0, 0.05) is 29.7 Å². The molecule has 1 N–H and O–H groups in total. The maximum absolute atomic E-state index is 15.8. The zero-order valence-corrected chi connectivity index (χ0v) is 40.6. The van der Waals surface area contributed by atoms with Crippen molar-refractivity contribution in [3.05, 3.63) is 45.5 Å². The SMILES string of the molecule is [2H]c1c(OC)c(S(=O)(=O)N2C(=O)[C@@]3(CC[C@](C)(OC(C)(C)CN4CCOCC4(C)C)C(C)C3C)c3c2cc(C)c(OCC(C)C)c3C)c(C)c(C)c1C(=O)NC(C)(CC)CC. The van der Waals surface area contributed by atoms with E-state index < -0.39 is 44.0 Å². The molecular formula is C48H75N3O8S. The Morgan fingerprint density at radius 1 is 1.03 bits per heavy atom. The number of carbonyl (C=O) groups is 2. The van der Waals surface area contributed by atoms with Crippen LogP contribution in [0.5, 0.6) is 11.5 Å². The van der Waals surface area contributed by atoms with Gasteiger partial charge in [-0.2, -0.15) is 0 Å². The highest BCUT2D eigenvalue weighted by Crippen LogP contribution is 2.61. The summed E-state index contributed by atoms with van der Waals surface area (Å²) in [6.07, 6.45) is 2.17. The number of nitrogens with one attached hydrogen (secondary N) is 1. The molecule has 1 spiro atoms. The van der Waals surface area contributed by atoms with E-state index in [1.807, 2.05) is 34.6 Å². The van der Waals surface area contributed by atoms with Crippen LogP contribution in [0.1, 0.15) is 148 Å². The van der Waals surface area contributed by atoms with E-state index in [1.54, 1.807) is 19.9 Å². The van der Waals surface area contributed by atoms with E-state index in [-0.39, 0.29) is 56.8 Å². The number of fused-ring (bicyclic) bond motifs is 2. The lowest BCUT2D eigenvalue weighted by molar-refractivity contribution is -0.203. The van der Waals surface area contributed by atoms with Gasteiger partial charge < -0.3 is 24.3 Å². The molecule has 4 atom stereocenters. The standard InChI is InChI=1S/C48H75N3O8S/c1-18-46(15,19-2)49-42(52)36-25-38(56-17)41(32(7)31(36)6)60(54,55)51-37-24-30(5)40(58-26-29(3)4)33(8)39(37)48(43(51)53)21-20-47(16,34(9)35(48)10)59-45(13,14)27-50-22-23-57-28-44(50,11)12/h24-25,29,34-35H,18-23,26-28H2,1-17H3,(H,49,52)/t34?,35?,47-,48+/m0/s1/i25D. The second kappa shape index (κ2) is 16.8. The van der Waals surface area contributed by atoms with Gasteiger partial charge in [0.15, 0.2) is 0 Å². The number of ether oxygens (including phenoxy) is 4. The largest absolute Gasteiger partial charge is 0.495 e. The molecule has 0 radical (unpaired) electrons. The van der Waals surface area contributed by atoms with Crippen molar-refractivity contribution in [1.82, 2.24) is 10.2 Å². The minimum atomic E-state index is -4.76. The molecular weight excluding hydrogens is 779 g/mol. The second-order valence-corrected chi connectivity index (χ2v) is 21.9. The number of nitrogens with zero attached hydrogens (tertiary/aromatic N) is 2. The molecule has 0 aromatic heterocycles. The second-order valence-electron chi connectivity index (χ2n) is 20.2. The number of aryl methyl sites for hydroxylation is 1. The van der Waals surface area contributed by atoms with Gasteiger partial charge in [0.1, 0.15) is 16.4 Å². The van der Waals surface area contributed by atoms with Gasteiger partial charge in [0.25, 0.3) is 21.8 Å². The fourth-order valence-electron chi connectivity index (χ4n) is 10.1. The van der Waals surface area contributed by atoms with Crippen LogP contribution >= 0.6 is 0 Å². The Morgan fingerprint density at radius 2 is 1.67 bits per heavy atom. The van der Waals surface area contributed by atoms with E-state index in [9.17, 15) is 6.17 Å². The number of anilines is 1. The summed E-state index contributed by atoms with van der Waals surface area (Å²) >= 11 is 0. The van der Waals surface area contributed by atoms with Gasteiger partial charge in [-0.15, -0.1) is 0 Å². The van der Waals surface area contributed by atoms with Crippen molar-refractivity contribution in [2.24, 2.45) is 17.8 Å². The Hall–Kier alpha value is -3.19. The number of methoxy groups -OCH3 is 1. The Bertz CT molecular complexity index is 2150. The molecule has 1 saturated heterocycles. The predicted molar refractivity (Wildman–Crippen MR) is 239 cm³/mol. The van der Waals surface area contributed by atoms with Gasteiger partial charge in [-0.25, -0.2) is 12.7 Å². The minimum absolute atomic E-state index is 0.0406. The highest BCUT2D eigenvalue weighted by molar-refractivity contribution is 7.93. The van der Waals surface area contributed by atoms with E-state index in [0.29, 0.717) is 74.5 Å². The van der Waals surface area contributed by atoms with Crippen LogP contribution in [0.3, 0.4) is 0 Å². The Labute approximate surface area is 363 Å². The summed E-state index contributed by atoms with van der Waals surface area (Å²) in [5.41, 5.74) is -0.125. The number of morpholine rings is 1. The average molecular weight is 855 g/mol. The maximum atomic E-state index is 15.8. The van der Waals surface area contributed by atoms with Gasteiger partial charge in [0.05, 0.1) is 50.6 Å². The van der Waals surface area contributed by atoms with E-state index in [1.165, 1.54) is 7.11 Å². The lowest BCUT2D eigenvalue weighted by Crippen LogP contribution is -2.61. The van der Waals surface area contributed by atoms with Crippen LogP contribution < -0.4 is 19.1 Å². The lowest BCUT2D eigenvalue weighted by Gasteiger charge is -2.54. The normalized spacial score (nSPS) is 25.1. The van der Waals surface area contributed by atoms with Gasteiger partial charge in [-0.1, -0.05) is 41.5 Å². The number of sulfonamides is 1. The Kier molecular flexibility index (Phi) is 13.0. The monoisotopic (exact) mass is 855 g/mol. The van der Waals surface area contributed by atoms with Gasteiger partial charge in [-0.3, -0.25) is 14.5 Å². The Balaban J connectivity index is 1.67. The number of rotatable bonds is 14. The fraction of sp³-hybridized carbons (Fsp3) is 0.708. The van der Waals surface area contributed by atoms with Crippen molar-refractivity contribution >= 4 is 27.5 Å². The third kappa shape index (κ3) is 8.24. The van der Waals surface area contributed by atoms with Gasteiger partial charge in [-0.05, 0) is 153 Å². The lowest BCUT2D eigenvalue weighted by atomic mass is 9.55. The van der Waals surface area contributed by atoms with E-state index in [0.717, 1.165) is 16.4 Å². The van der Waals surface area contributed by atoms with Crippen LogP contribution in [0.4, 0.5) is 5.69 Å². The molecule has 12 heteroatoms. The van der Waals surface area contributed by atoms with Gasteiger partial charge >= 0.3 is 0 Å². The third-order valence-corrected chi connectivity index (χ3v) is 16.4. The highest BCUT2D eigenvalue weighted by Gasteiger charge is 2.64. The predicted octanol–water partition coefficient (Wildman–Crippen LogP) is 8.98. The number of hydrogen-bond donors (Lipinski definition) is 1. The molecule has 1 aliphatic carbocycles. The first-order valence-corrected chi connectivity index (χ1v) is 23.5. The summed E-state index contributed by atoms with van der Waals surface area (Å²) in [6.45, 7) is 35.3. The molecule has 2 unspecified atom stereocenters. The summed E-state index contributed by atoms with van der Waals surface area (Å²) in [6, 6.07) is 1.42. The molecule has 2 heterocycles. The van der Waals surface area contributed by atoms with Crippen LogP contribution in [0.15, 0.2) is 17.0 Å². The molecule has 2 amide bonds. The highest BCUT2D eigenvalue weighted by atomic mass is 32.2. The van der Waals surface area contributed by atoms with Crippen molar-refractivity contribution < 1.29 is 38.3 Å². The van der Waals surface area contributed by atoms with Crippen LogP contribution in [0.2, 0.25) is 0 Å². The van der Waals surface area contributed by atoms with E-state index >= 15 is 13.2 Å². The first kappa shape index (κ1) is 46.3. The fourth-order valence-corrected chi connectivity index (χ4v) is 11.9. The first-order valence-electron chi connectivity index (χ1n) is 22.5. The van der Waals surface area contributed by atoms with Crippen molar-refractivity contribution in [2.45, 2.75) is 169 Å². The summed E-state index contributed by atoms with van der Waals surface area (Å²) < 4.78 is 66.6. The smallest absolute Gasteiger partial charge is 0.274 e. The molecule has 3 aliphatic rings. The molecule has 0 bridgehead atoms. The zero-order chi connectivity index (χ0) is 46.0. The molecule has 2 aromatic carbocycles. The molecule has 1 saturated carbocycles. The quantitative estimate of drug-likeness (QED) is 0.198. The van der Waals surface area contributed by atoms with Crippen molar-refractivity contribution in [1.29, 1.82) is 0 Å². The molecule has 60 heavy (non-hydrogen) atoms. The number of carbonyl (C=O) groups excluding carboxylic acids is 2. The van der Waals surface area contributed by atoms with Gasteiger partial charge in [0.2, 0.25) is 0 Å². The molecule has 2 aromatic rings. The molecule has 336 valence electrons. The number of hydrogen-bond acceptors (Lipinski definition) is 9. The van der Waals surface area contributed by atoms with Crippen LogP contribution in [-0.4, -0.2) is 87.4 Å². The molecule has 5 rings (SSSR count). The van der Waals surface area contributed by atoms with Crippen molar-refractivity contribution in [3.8, 4) is 11.5 Å². The van der Waals surface area contributed by atoms with Crippen LogP contribution in [-0.2, 0) is 29.7 Å². The van der Waals surface area contributed by atoms with Crippen LogP contribution in [0, 0.1) is 45.4 Å². The summed E-state index contributed by atoms with van der Waals surface area (Å²) in [4.78, 5) is 31.8. The topological polar surface area (TPSA) is 124 Å². The van der Waals surface area contributed by atoms with Crippen LogP contribution in [0.25, 0.3) is 0 Å². The third-order valence-electron chi connectivity index (χ3n) is 14.5. The molecule has 11 nitrogen and oxygen atoms in total. The van der Waals surface area contributed by atoms with E-state index in [2.05, 4.69) is 72.5 Å². The molecule has 2 fully saturated rings. The molecule has 2 aliphatic heterocycles. The summed E-state index contributed by atoms with van der Waals surface area (Å²) in [5, 5.41) is 3.07. The first-order chi connectivity index (χ1) is 28.1. The van der Waals surface area contributed by atoms with Crippen molar-refractivity contribution in [2.75, 3.05) is 44.3 Å². The summed E-state index contributed by atoms with van der Waals surface area (Å²) in [7, 11) is -3.46. The number of benzene rings is 2.